The highest BCUT2D eigenvalue weighted by molar-refractivity contribution is 7.80. The summed E-state index contributed by atoms with van der Waals surface area (Å²) in [5.41, 5.74) is 17.0. The van der Waals surface area contributed by atoms with E-state index in [0.717, 1.165) is 6.92 Å². The fourth-order valence-corrected chi connectivity index (χ4v) is 8.95. The Bertz CT molecular complexity index is 3030. The van der Waals surface area contributed by atoms with Crippen LogP contribution < -0.4 is 75.7 Å². The van der Waals surface area contributed by atoms with E-state index in [-0.39, 0.29) is 18.6 Å². The van der Waals surface area contributed by atoms with Crippen molar-refractivity contribution < 1.29 is 122 Å². The van der Waals surface area contributed by atoms with Crippen LogP contribution in [0.15, 0.2) is 24.3 Å². The number of carboxylic acids is 5. The summed E-state index contributed by atoms with van der Waals surface area (Å²) in [7, 11) is 0. The monoisotopic (exact) mass is 1400 g/mol. The third kappa shape index (κ3) is 33.1. The highest BCUT2D eigenvalue weighted by Gasteiger charge is 2.38. The van der Waals surface area contributed by atoms with E-state index in [1.165, 1.54) is 38.1 Å². The van der Waals surface area contributed by atoms with Crippen molar-refractivity contribution in [1.29, 1.82) is 0 Å². The number of phenols is 1. The molecule has 39 nitrogen and oxygen atoms in total. The van der Waals surface area contributed by atoms with Gasteiger partial charge in [0.15, 0.2) is 0 Å². The number of carbonyl (C=O) groups is 18. The fraction of sp³-hybridized carbons (Fsp3) is 0.579. The van der Waals surface area contributed by atoms with Crippen LogP contribution in [0.3, 0.4) is 0 Å². The van der Waals surface area contributed by atoms with Gasteiger partial charge in [-0.3, -0.25) is 86.3 Å². The van der Waals surface area contributed by atoms with E-state index in [1.807, 2.05) is 10.6 Å². The number of rotatable bonds is 46. The molecule has 0 aliphatic carbocycles. The molecule has 0 radical (unpaired) electrons. The van der Waals surface area contributed by atoms with Gasteiger partial charge in [0.25, 0.3) is 0 Å². The van der Waals surface area contributed by atoms with E-state index < -0.39 is 268 Å². The summed E-state index contributed by atoms with van der Waals surface area (Å²) in [6.07, 6.45) is -9.56. The third-order valence-electron chi connectivity index (χ3n) is 13.8. The van der Waals surface area contributed by atoms with Crippen LogP contribution in [0.2, 0.25) is 0 Å². The molecule has 24 N–H and O–H groups in total. The highest BCUT2D eigenvalue weighted by atomic mass is 32.1. The van der Waals surface area contributed by atoms with Crippen LogP contribution in [0.4, 0.5) is 0 Å². The molecular weight excluding hydrogens is 1310 g/mol. The summed E-state index contributed by atoms with van der Waals surface area (Å²) in [6, 6.07) is -13.6. The van der Waals surface area contributed by atoms with Gasteiger partial charge >= 0.3 is 29.8 Å². The SMILES string of the molecule is CC(C)C[C@H](NC(=O)[C@H](CCC(=O)O)NC(=O)[C@@H](NC(=O)[C@H](CC(=O)O)NC(=O)[C@H](CCC(N)=O)NC(=O)[C@@H](N)Cc1ccc(O)cc1)C(C)C)C(=O)N[C@@H](CS)C(=O)N[C@@H](CCC(=O)O)C(=O)N[C@H](C(=O)NCC(=O)N[C@@H](CCC(=O)O)C(=O)N[C@@H](CC(=O)O)C(N)=O)[C@@H](C)O. The average Bonchev–Trinajstić information content (AvgIpc) is 0.885. The third-order valence-corrected chi connectivity index (χ3v) is 14.2. The van der Waals surface area contributed by atoms with Gasteiger partial charge in [-0.05, 0) is 75.0 Å². The van der Waals surface area contributed by atoms with Gasteiger partial charge in [-0.2, -0.15) is 12.6 Å². The number of carboxylic acid groups (broad SMARTS) is 5. The summed E-state index contributed by atoms with van der Waals surface area (Å²) < 4.78 is 0. The maximum Gasteiger partial charge on any atom is 0.305 e. The Morgan fingerprint density at radius 1 is 0.433 bits per heavy atom. The van der Waals surface area contributed by atoms with Crippen LogP contribution in [0, 0.1) is 11.8 Å². The van der Waals surface area contributed by atoms with Crippen LogP contribution in [-0.2, 0) is 92.7 Å². The standard InChI is InChI=1S/C57H86N14O25S/c1-24(2)18-35(53(92)69-37(23-97)55(94)64-33(13-17-42(80)81)52(91)71-46(26(5)72)56(95)61-22-39(75)62-30(11-15-40(76)77)49(88)66-34(47(60)86)20-43(82)83)67-51(90)32(12-16-41(78)79)65-57(96)45(25(3)4)70-54(93)36(21-44(84)85)68-50(89)31(10-14-38(59)74)63-48(87)29(58)19-27-6-8-28(73)9-7-27/h6-9,24-26,29-37,45-46,72-73,97H,10-23,58H2,1-5H3,(H2,59,74)(H2,60,86)(H,61,95)(H,62,75)(H,63,87)(H,64,94)(H,65,96)(H,66,88)(H,67,90)(H,68,89)(H,69,92)(H,70,93)(H,71,91)(H,76,77)(H,78,79)(H,80,81)(H,82,83)(H,84,85)/t26-,29+,30+,31+,32+,33+,34+,35+,36+,37+,45+,46+/m1/s1. The van der Waals surface area contributed by atoms with E-state index in [4.69, 9.17) is 27.4 Å². The van der Waals surface area contributed by atoms with E-state index in [0.29, 0.717) is 5.56 Å². The number of phenolic OH excluding ortho intramolecular Hbond substituents is 1. The van der Waals surface area contributed by atoms with Crippen LogP contribution in [0.1, 0.15) is 111 Å². The lowest BCUT2D eigenvalue weighted by Crippen LogP contribution is -2.62. The van der Waals surface area contributed by atoms with Gasteiger partial charge in [0, 0.05) is 31.4 Å². The molecule has 0 saturated carbocycles. The maximum atomic E-state index is 14.1. The van der Waals surface area contributed by atoms with E-state index in [9.17, 15) is 112 Å². The summed E-state index contributed by atoms with van der Waals surface area (Å²) in [5.74, 6) is -25.0. The Balaban J connectivity index is 3.42. The van der Waals surface area contributed by atoms with Crippen LogP contribution in [-0.4, -0.2) is 227 Å². The minimum Gasteiger partial charge on any atom is -0.508 e. The Morgan fingerprint density at radius 2 is 0.804 bits per heavy atom. The van der Waals surface area contributed by atoms with Gasteiger partial charge in [-0.1, -0.05) is 39.8 Å². The van der Waals surface area contributed by atoms with Crippen molar-refractivity contribution in [3.05, 3.63) is 29.8 Å². The number of amides is 13. The van der Waals surface area contributed by atoms with Gasteiger partial charge in [-0.25, -0.2) is 0 Å². The Hall–Kier alpha value is -10.2. The normalized spacial score (nSPS) is 14.7. The van der Waals surface area contributed by atoms with Gasteiger partial charge < -0.3 is 111 Å². The number of aromatic hydroxyl groups is 1. The molecule has 0 aliphatic rings. The van der Waals surface area contributed by atoms with Crippen LogP contribution in [0.5, 0.6) is 5.75 Å². The largest absolute Gasteiger partial charge is 0.508 e. The zero-order valence-corrected chi connectivity index (χ0v) is 54.3. The number of hydrogen-bond donors (Lipinski definition) is 22. The second-order valence-corrected chi connectivity index (χ2v) is 23.3. The predicted molar refractivity (Wildman–Crippen MR) is 335 cm³/mol. The molecule has 0 fully saturated rings. The fourth-order valence-electron chi connectivity index (χ4n) is 8.69. The number of aliphatic carboxylic acids is 5. The lowest BCUT2D eigenvalue weighted by atomic mass is 10.00. The molecule has 0 aliphatic heterocycles. The second-order valence-electron chi connectivity index (χ2n) is 22.9. The number of benzene rings is 1. The minimum absolute atomic E-state index is 0.0726. The molecule has 0 heterocycles. The Kier molecular flexibility index (Phi) is 36.9. The highest BCUT2D eigenvalue weighted by Crippen LogP contribution is 2.14. The lowest BCUT2D eigenvalue weighted by molar-refractivity contribution is -0.142. The molecule has 1 aromatic rings. The van der Waals surface area contributed by atoms with Crippen molar-refractivity contribution in [3.63, 3.8) is 0 Å². The molecule has 0 bridgehead atoms. The van der Waals surface area contributed by atoms with Gasteiger partial charge in [0.05, 0.1) is 31.5 Å². The predicted octanol–water partition coefficient (Wildman–Crippen LogP) is -7.47. The molecule has 12 atom stereocenters. The Labute approximate surface area is 559 Å². The van der Waals surface area contributed by atoms with E-state index in [2.05, 4.69) is 60.5 Å². The van der Waals surface area contributed by atoms with Crippen LogP contribution in [0.25, 0.3) is 0 Å². The first-order chi connectivity index (χ1) is 45.1. The van der Waals surface area contributed by atoms with Gasteiger partial charge in [-0.15, -0.1) is 0 Å². The second kappa shape index (κ2) is 42.2. The number of primary amides is 2. The molecular formula is C57H86N14O25S. The number of thiol groups is 1. The summed E-state index contributed by atoms with van der Waals surface area (Å²) in [5, 5.41) is 91.5. The molecule has 0 unspecified atom stereocenters. The average molecular weight is 1400 g/mol. The van der Waals surface area contributed by atoms with Crippen molar-refractivity contribution >= 4 is 119 Å². The Morgan fingerprint density at radius 3 is 1.24 bits per heavy atom. The van der Waals surface area contributed by atoms with Crippen molar-refractivity contribution in [2.45, 2.75) is 184 Å². The first-order valence-corrected chi connectivity index (χ1v) is 30.6. The number of carbonyl (C=O) groups excluding carboxylic acids is 13. The number of aliphatic hydroxyl groups is 1. The van der Waals surface area contributed by atoms with Gasteiger partial charge in [0.2, 0.25) is 76.8 Å². The van der Waals surface area contributed by atoms with Crippen molar-refractivity contribution in [3.8, 4) is 5.75 Å². The molecule has 1 aromatic carbocycles. The zero-order chi connectivity index (χ0) is 74.1. The topological polar surface area (TPSA) is 659 Å². The quantitative estimate of drug-likeness (QED) is 0.0270. The lowest BCUT2D eigenvalue weighted by Gasteiger charge is -2.29. The summed E-state index contributed by atoms with van der Waals surface area (Å²) >= 11 is 4.12. The van der Waals surface area contributed by atoms with E-state index >= 15 is 0 Å². The smallest absolute Gasteiger partial charge is 0.305 e. The number of nitrogens with one attached hydrogen (secondary N) is 11. The summed E-state index contributed by atoms with van der Waals surface area (Å²) in [6.45, 7) is 5.95. The molecule has 540 valence electrons. The molecule has 97 heavy (non-hydrogen) atoms. The minimum atomic E-state index is -2.00. The maximum absolute atomic E-state index is 14.1. The zero-order valence-electron chi connectivity index (χ0n) is 53.5. The van der Waals surface area contributed by atoms with Crippen molar-refractivity contribution in [2.24, 2.45) is 29.0 Å². The molecule has 0 aromatic heterocycles. The number of nitrogens with two attached hydrogens (primary N) is 3. The first-order valence-electron chi connectivity index (χ1n) is 30.0. The van der Waals surface area contributed by atoms with E-state index in [1.54, 1.807) is 13.8 Å². The van der Waals surface area contributed by atoms with Crippen LogP contribution >= 0.6 is 12.6 Å². The molecule has 40 heteroatoms. The number of aliphatic hydroxyl groups excluding tert-OH is 1. The van der Waals surface area contributed by atoms with Crippen molar-refractivity contribution in [2.75, 3.05) is 12.3 Å². The van der Waals surface area contributed by atoms with Gasteiger partial charge in [0.1, 0.15) is 66.2 Å². The number of hydrogen-bond acceptors (Lipinski definition) is 22. The molecule has 0 spiro atoms. The summed E-state index contributed by atoms with van der Waals surface area (Å²) in [4.78, 5) is 231. The first kappa shape index (κ1) is 84.8. The van der Waals surface area contributed by atoms with Crippen molar-refractivity contribution in [1.82, 2.24) is 58.5 Å². The molecule has 13 amide bonds. The molecule has 0 saturated heterocycles. The molecule has 1 rings (SSSR count).